The Balaban J connectivity index is 2.17. The zero-order valence-corrected chi connectivity index (χ0v) is 21.1. The van der Waals surface area contributed by atoms with Gasteiger partial charge in [-0.1, -0.05) is 142 Å². The van der Waals surface area contributed by atoms with Crippen LogP contribution in [0, 0.1) is 0 Å². The van der Waals surface area contributed by atoms with Crippen molar-refractivity contribution in [3.05, 3.63) is 34.9 Å². The summed E-state index contributed by atoms with van der Waals surface area (Å²) in [6, 6.07) is 7.48. The smallest absolute Gasteiger partial charge is 0.0279 e. The van der Waals surface area contributed by atoms with Crippen molar-refractivity contribution in [2.45, 2.75) is 156 Å². The van der Waals surface area contributed by atoms with Gasteiger partial charge < -0.3 is 0 Å². The fourth-order valence-corrected chi connectivity index (χ4v) is 4.61. The third-order valence-electron chi connectivity index (χ3n) is 6.66. The molecule has 1 rings (SSSR count). The topological polar surface area (TPSA) is 0 Å². The van der Waals surface area contributed by atoms with Gasteiger partial charge in [0.2, 0.25) is 0 Å². The second kappa shape index (κ2) is 20.1. The highest BCUT2D eigenvalue weighted by molar-refractivity contribution is 5.30. The Hall–Kier alpha value is -0.780. The van der Waals surface area contributed by atoms with Crippen molar-refractivity contribution in [2.24, 2.45) is 0 Å². The number of hydrogen-bond donors (Lipinski definition) is 0. The molecule has 0 bridgehead atoms. The van der Waals surface area contributed by atoms with Gasteiger partial charge in [-0.05, 0) is 48.8 Å². The molecule has 0 atom stereocenters. The fraction of sp³-hybridized carbons (Fsp3) is 0.800. The molecule has 0 radical (unpaired) electrons. The van der Waals surface area contributed by atoms with Crippen LogP contribution in [0.5, 0.6) is 0 Å². The van der Waals surface area contributed by atoms with Crippen LogP contribution < -0.4 is 0 Å². The second-order valence-electron chi connectivity index (χ2n) is 9.67. The Morgan fingerprint density at radius 2 is 0.667 bits per heavy atom. The summed E-state index contributed by atoms with van der Waals surface area (Å²) in [5.74, 6) is 0. The van der Waals surface area contributed by atoms with Crippen molar-refractivity contribution in [1.82, 2.24) is 0 Å². The van der Waals surface area contributed by atoms with Gasteiger partial charge in [-0.3, -0.25) is 0 Å². The van der Waals surface area contributed by atoms with Crippen LogP contribution in [-0.4, -0.2) is 0 Å². The van der Waals surface area contributed by atoms with E-state index in [0.717, 1.165) is 0 Å². The van der Waals surface area contributed by atoms with E-state index in [9.17, 15) is 0 Å². The molecule has 0 fully saturated rings. The van der Waals surface area contributed by atoms with Crippen molar-refractivity contribution in [2.75, 3.05) is 0 Å². The summed E-state index contributed by atoms with van der Waals surface area (Å²) in [6.45, 7) is 6.91. The van der Waals surface area contributed by atoms with Gasteiger partial charge in [0.15, 0.2) is 0 Å². The lowest BCUT2D eigenvalue weighted by atomic mass is 9.96. The second-order valence-corrected chi connectivity index (χ2v) is 9.67. The Morgan fingerprint density at radius 1 is 0.367 bits per heavy atom. The predicted octanol–water partition coefficient (Wildman–Crippen LogP) is 10.4. The van der Waals surface area contributed by atoms with Gasteiger partial charge >= 0.3 is 0 Å². The van der Waals surface area contributed by atoms with E-state index in [1.54, 1.807) is 16.7 Å². The SMILES string of the molecule is CCCCCCCCCCCc1cc(CC)cc(CCCCCCCCCCC)c1. The summed E-state index contributed by atoms with van der Waals surface area (Å²) in [6.07, 6.45) is 29.4. The maximum absolute atomic E-state index is 2.52. The van der Waals surface area contributed by atoms with Gasteiger partial charge in [0, 0.05) is 0 Å². The molecule has 0 aliphatic carbocycles. The van der Waals surface area contributed by atoms with Gasteiger partial charge in [-0.25, -0.2) is 0 Å². The molecule has 0 spiro atoms. The first kappa shape index (κ1) is 27.3. The summed E-state index contributed by atoms with van der Waals surface area (Å²) in [5, 5.41) is 0. The van der Waals surface area contributed by atoms with E-state index < -0.39 is 0 Å². The zero-order valence-electron chi connectivity index (χ0n) is 21.1. The number of benzene rings is 1. The molecule has 30 heavy (non-hydrogen) atoms. The summed E-state index contributed by atoms with van der Waals surface area (Å²) in [4.78, 5) is 0. The van der Waals surface area contributed by atoms with E-state index >= 15 is 0 Å². The number of hydrogen-bond acceptors (Lipinski definition) is 0. The molecule has 1 aromatic carbocycles. The summed E-state index contributed by atoms with van der Waals surface area (Å²) in [7, 11) is 0. The molecule has 0 amide bonds. The molecule has 174 valence electrons. The van der Waals surface area contributed by atoms with E-state index in [0.29, 0.717) is 0 Å². The first-order chi connectivity index (χ1) is 14.8. The molecular weight excluding hydrogens is 360 g/mol. The molecular formula is C30H54. The van der Waals surface area contributed by atoms with Crippen LogP contribution in [0.25, 0.3) is 0 Å². The largest absolute Gasteiger partial charge is 0.0654 e. The highest BCUT2D eigenvalue weighted by Crippen LogP contribution is 2.18. The molecule has 0 saturated carbocycles. The quantitative estimate of drug-likeness (QED) is 0.175. The minimum Gasteiger partial charge on any atom is -0.0654 e. The molecule has 0 N–H and O–H groups in total. The van der Waals surface area contributed by atoms with Crippen LogP contribution in [0.1, 0.15) is 153 Å². The highest BCUT2D eigenvalue weighted by Gasteiger charge is 2.02. The predicted molar refractivity (Wildman–Crippen MR) is 138 cm³/mol. The van der Waals surface area contributed by atoms with Crippen LogP contribution in [0.15, 0.2) is 18.2 Å². The monoisotopic (exact) mass is 414 g/mol. The molecule has 0 heteroatoms. The van der Waals surface area contributed by atoms with Crippen molar-refractivity contribution in [3.8, 4) is 0 Å². The average molecular weight is 415 g/mol. The molecule has 0 aromatic heterocycles. The molecule has 0 heterocycles. The molecule has 0 unspecified atom stereocenters. The highest BCUT2D eigenvalue weighted by atomic mass is 14.1. The van der Waals surface area contributed by atoms with Gasteiger partial charge in [0.05, 0.1) is 0 Å². The molecule has 0 aliphatic rings. The lowest BCUT2D eigenvalue weighted by molar-refractivity contribution is 0.563. The minimum absolute atomic E-state index is 1.18. The van der Waals surface area contributed by atoms with Crippen LogP contribution in [-0.2, 0) is 19.3 Å². The van der Waals surface area contributed by atoms with Gasteiger partial charge in [0.1, 0.15) is 0 Å². The van der Waals surface area contributed by atoms with Crippen LogP contribution in [0.3, 0.4) is 0 Å². The maximum Gasteiger partial charge on any atom is -0.0279 e. The molecule has 1 aromatic rings. The fourth-order valence-electron chi connectivity index (χ4n) is 4.61. The summed E-state index contributed by atoms with van der Waals surface area (Å²) >= 11 is 0. The van der Waals surface area contributed by atoms with Crippen LogP contribution >= 0.6 is 0 Å². The Bertz CT molecular complexity index is 447. The number of aryl methyl sites for hydroxylation is 3. The van der Waals surface area contributed by atoms with E-state index in [1.807, 2.05) is 0 Å². The average Bonchev–Trinajstić information content (AvgIpc) is 2.76. The first-order valence-corrected chi connectivity index (χ1v) is 13.9. The Labute approximate surface area is 190 Å². The van der Waals surface area contributed by atoms with Crippen molar-refractivity contribution < 1.29 is 0 Å². The van der Waals surface area contributed by atoms with Crippen LogP contribution in [0.4, 0.5) is 0 Å². The third-order valence-corrected chi connectivity index (χ3v) is 6.66. The Morgan fingerprint density at radius 3 is 1.00 bits per heavy atom. The van der Waals surface area contributed by atoms with Crippen molar-refractivity contribution >= 4 is 0 Å². The molecule has 0 aliphatic heterocycles. The van der Waals surface area contributed by atoms with E-state index in [2.05, 4.69) is 39.0 Å². The van der Waals surface area contributed by atoms with Crippen molar-refractivity contribution in [1.29, 1.82) is 0 Å². The minimum atomic E-state index is 1.18. The lowest BCUT2D eigenvalue weighted by Gasteiger charge is -2.10. The van der Waals surface area contributed by atoms with Gasteiger partial charge in [-0.15, -0.1) is 0 Å². The lowest BCUT2D eigenvalue weighted by Crippen LogP contribution is -1.95. The third kappa shape index (κ3) is 15.1. The molecule has 0 nitrogen and oxygen atoms in total. The number of rotatable bonds is 21. The zero-order chi connectivity index (χ0) is 21.7. The van der Waals surface area contributed by atoms with E-state index in [1.165, 1.54) is 135 Å². The standard InChI is InChI=1S/C30H54/c1-4-7-9-11-13-15-17-19-21-23-29-25-28(6-3)26-30(27-29)24-22-20-18-16-14-12-10-8-5-2/h25-27H,4-24H2,1-3H3. The number of unbranched alkanes of at least 4 members (excludes halogenated alkanes) is 16. The molecule has 0 saturated heterocycles. The van der Waals surface area contributed by atoms with E-state index in [4.69, 9.17) is 0 Å². The summed E-state index contributed by atoms with van der Waals surface area (Å²) < 4.78 is 0. The maximum atomic E-state index is 2.52. The van der Waals surface area contributed by atoms with Crippen molar-refractivity contribution in [3.63, 3.8) is 0 Å². The van der Waals surface area contributed by atoms with E-state index in [-0.39, 0.29) is 0 Å². The normalized spacial score (nSPS) is 11.3. The summed E-state index contributed by atoms with van der Waals surface area (Å²) in [5.41, 5.74) is 4.75. The Kier molecular flexibility index (Phi) is 18.3. The van der Waals surface area contributed by atoms with Gasteiger partial charge in [-0.2, -0.15) is 0 Å². The first-order valence-electron chi connectivity index (χ1n) is 13.9. The van der Waals surface area contributed by atoms with Gasteiger partial charge in [0.25, 0.3) is 0 Å². The van der Waals surface area contributed by atoms with Crippen LogP contribution in [0.2, 0.25) is 0 Å².